The molecule has 0 radical (unpaired) electrons. The van der Waals surface area contributed by atoms with Crippen LogP contribution in [0.1, 0.15) is 4.88 Å². The molecule has 2 aromatic carbocycles. The first-order chi connectivity index (χ1) is 13.7. The van der Waals surface area contributed by atoms with Crippen molar-refractivity contribution >= 4 is 45.2 Å². The van der Waals surface area contributed by atoms with Crippen molar-refractivity contribution in [2.75, 3.05) is 0 Å². The molecular weight excluding hydrogens is 374 g/mol. The van der Waals surface area contributed by atoms with Crippen molar-refractivity contribution in [2.45, 2.75) is 0 Å². The number of aromatic nitrogens is 2. The molecule has 0 bridgehead atoms. The fraction of sp³-hybridized carbons (Fsp3) is 0. The van der Waals surface area contributed by atoms with Crippen molar-refractivity contribution < 1.29 is 10.2 Å². The maximum atomic E-state index is 10.1. The van der Waals surface area contributed by atoms with Crippen LogP contribution in [0.15, 0.2) is 69.4 Å². The van der Waals surface area contributed by atoms with E-state index in [-0.39, 0.29) is 16.9 Å². The van der Waals surface area contributed by atoms with Gasteiger partial charge in [0.05, 0.1) is 21.4 Å². The molecule has 0 fully saturated rings. The Morgan fingerprint density at radius 1 is 1.00 bits per heavy atom. The summed E-state index contributed by atoms with van der Waals surface area (Å²) in [4.78, 5) is 11.9. The molecule has 1 aliphatic rings. The molecule has 4 aromatic rings. The van der Waals surface area contributed by atoms with Crippen molar-refractivity contribution in [1.29, 1.82) is 0 Å². The molecule has 0 spiro atoms. The Kier molecular flexibility index (Phi) is 3.77. The number of fused-ring (bicyclic) bond motifs is 2. The first-order valence-electron chi connectivity index (χ1n) is 8.46. The number of azo groups is 1. The summed E-state index contributed by atoms with van der Waals surface area (Å²) in [7, 11) is 0. The maximum absolute atomic E-state index is 10.1. The molecule has 0 saturated carbocycles. The zero-order valence-corrected chi connectivity index (χ0v) is 15.2. The summed E-state index contributed by atoms with van der Waals surface area (Å²) in [5.41, 5.74) is 1.83. The lowest BCUT2D eigenvalue weighted by atomic mass is 10.2. The van der Waals surface area contributed by atoms with E-state index in [1.54, 1.807) is 6.08 Å². The summed E-state index contributed by atoms with van der Waals surface area (Å²) in [6, 6.07) is 15.2. The molecule has 136 valence electrons. The third-order valence-electron chi connectivity index (χ3n) is 4.29. The van der Waals surface area contributed by atoms with Gasteiger partial charge in [0.15, 0.2) is 5.69 Å². The van der Waals surface area contributed by atoms with E-state index >= 15 is 0 Å². The Morgan fingerprint density at radius 2 is 1.82 bits per heavy atom. The van der Waals surface area contributed by atoms with E-state index in [1.807, 2.05) is 54.6 Å². The topological polar surface area (TPSA) is 106 Å². The van der Waals surface area contributed by atoms with Crippen LogP contribution in [0.25, 0.3) is 23.1 Å². The lowest BCUT2D eigenvalue weighted by Gasteiger charge is -1.89. The number of thiazole rings is 1. The Hall–Kier alpha value is -3.78. The minimum Gasteiger partial charge on any atom is -0.493 e. The highest BCUT2D eigenvalue weighted by Gasteiger charge is 2.12. The number of aromatic hydroxyl groups is 2. The first-order valence-corrected chi connectivity index (χ1v) is 9.27. The molecule has 0 unspecified atom stereocenters. The van der Waals surface area contributed by atoms with Gasteiger partial charge in [-0.15, -0.1) is 10.2 Å². The SMILES string of the molecule is Oc1nc(N=Nc2c(O)[nH]c3ccccc23)sc1/C=C1\C=c2ccccc2=N1. The molecule has 0 atom stereocenters. The van der Waals surface area contributed by atoms with E-state index in [1.165, 1.54) is 11.3 Å². The zero-order valence-electron chi connectivity index (χ0n) is 14.4. The van der Waals surface area contributed by atoms with Gasteiger partial charge in [0.25, 0.3) is 0 Å². The Bertz CT molecular complexity index is 1360. The van der Waals surface area contributed by atoms with Gasteiger partial charge in [-0.3, -0.25) is 0 Å². The van der Waals surface area contributed by atoms with Crippen LogP contribution in [0.3, 0.4) is 0 Å². The molecule has 7 nitrogen and oxygen atoms in total. The van der Waals surface area contributed by atoms with Crippen LogP contribution in [0.2, 0.25) is 0 Å². The van der Waals surface area contributed by atoms with Gasteiger partial charge in [-0.1, -0.05) is 47.7 Å². The van der Waals surface area contributed by atoms with E-state index in [2.05, 4.69) is 25.2 Å². The van der Waals surface area contributed by atoms with E-state index in [4.69, 9.17) is 0 Å². The average Bonchev–Trinajstić information content (AvgIpc) is 3.35. The highest BCUT2D eigenvalue weighted by molar-refractivity contribution is 7.16. The number of benzene rings is 2. The lowest BCUT2D eigenvalue weighted by molar-refractivity contribution is 0.456. The Balaban J connectivity index is 1.47. The highest BCUT2D eigenvalue weighted by atomic mass is 32.1. The van der Waals surface area contributed by atoms with Crippen LogP contribution in [0, 0.1) is 0 Å². The molecule has 0 aliphatic carbocycles. The van der Waals surface area contributed by atoms with Crippen LogP contribution in [-0.2, 0) is 0 Å². The highest BCUT2D eigenvalue weighted by Crippen LogP contribution is 2.38. The van der Waals surface area contributed by atoms with E-state index in [0.717, 1.165) is 27.2 Å². The number of nitrogens with zero attached hydrogens (tertiary/aromatic N) is 4. The number of aromatic amines is 1. The summed E-state index contributed by atoms with van der Waals surface area (Å²) in [5, 5.41) is 31.3. The number of allylic oxidation sites excluding steroid dienone is 1. The lowest BCUT2D eigenvalue weighted by Crippen LogP contribution is -2.19. The van der Waals surface area contributed by atoms with Crippen LogP contribution in [-0.4, -0.2) is 20.2 Å². The predicted molar refractivity (Wildman–Crippen MR) is 108 cm³/mol. The van der Waals surface area contributed by atoms with Gasteiger partial charge < -0.3 is 15.2 Å². The quantitative estimate of drug-likeness (QED) is 0.464. The fourth-order valence-corrected chi connectivity index (χ4v) is 3.73. The maximum Gasteiger partial charge on any atom is 0.233 e. The predicted octanol–water partition coefficient (Wildman–Crippen LogP) is 3.91. The zero-order chi connectivity index (χ0) is 19.1. The third-order valence-corrected chi connectivity index (χ3v) is 5.16. The smallest absolute Gasteiger partial charge is 0.233 e. The van der Waals surface area contributed by atoms with Crippen LogP contribution < -0.4 is 10.6 Å². The van der Waals surface area contributed by atoms with Gasteiger partial charge in [0.1, 0.15) is 0 Å². The van der Waals surface area contributed by atoms with E-state index in [0.29, 0.717) is 10.6 Å². The number of H-pyrrole nitrogens is 1. The molecule has 0 saturated heterocycles. The number of hydrogen-bond donors (Lipinski definition) is 3. The number of hydrogen-bond acceptors (Lipinski definition) is 7. The van der Waals surface area contributed by atoms with Gasteiger partial charge in [-0.25, -0.2) is 4.99 Å². The van der Waals surface area contributed by atoms with Gasteiger partial charge >= 0.3 is 0 Å². The molecule has 2 aromatic heterocycles. The average molecular weight is 387 g/mol. The minimum absolute atomic E-state index is 0.0646. The summed E-state index contributed by atoms with van der Waals surface area (Å²) >= 11 is 1.19. The molecule has 3 N–H and O–H groups in total. The van der Waals surface area contributed by atoms with Gasteiger partial charge in [0, 0.05) is 10.6 Å². The summed E-state index contributed by atoms with van der Waals surface area (Å²) in [6.07, 6.45) is 3.70. The third kappa shape index (κ3) is 2.85. The molecule has 28 heavy (non-hydrogen) atoms. The Labute approximate surface area is 162 Å². The standard InChI is InChI=1S/C20H13N5O2S/c26-18-16(10-12-9-11-5-1-3-7-14(11)21-12)28-20(23-18)25-24-17-13-6-2-4-8-15(13)22-19(17)27/h1-10,22,26-27H/b12-10+,25-24?. The monoisotopic (exact) mass is 387 g/mol. The molecule has 8 heteroatoms. The number of nitrogens with one attached hydrogen (secondary N) is 1. The van der Waals surface area contributed by atoms with Crippen molar-refractivity contribution in [3.05, 3.63) is 69.7 Å². The van der Waals surface area contributed by atoms with E-state index in [9.17, 15) is 10.2 Å². The van der Waals surface area contributed by atoms with Crippen molar-refractivity contribution in [3.8, 4) is 11.8 Å². The Morgan fingerprint density at radius 3 is 2.71 bits per heavy atom. The molecule has 3 heterocycles. The summed E-state index contributed by atoms with van der Waals surface area (Å²) < 4.78 is 0. The summed E-state index contributed by atoms with van der Waals surface area (Å²) in [5.74, 6) is -0.195. The molecule has 1 aliphatic heterocycles. The number of para-hydroxylation sites is 2. The fourth-order valence-electron chi connectivity index (χ4n) is 3.01. The minimum atomic E-state index is -0.130. The van der Waals surface area contributed by atoms with Crippen molar-refractivity contribution in [2.24, 2.45) is 15.2 Å². The molecule has 0 amide bonds. The molecular formula is C20H13N5O2S. The molecule has 5 rings (SSSR count). The van der Waals surface area contributed by atoms with Gasteiger partial charge in [0.2, 0.25) is 16.9 Å². The van der Waals surface area contributed by atoms with Crippen molar-refractivity contribution in [1.82, 2.24) is 9.97 Å². The van der Waals surface area contributed by atoms with Crippen LogP contribution >= 0.6 is 11.3 Å². The first kappa shape index (κ1) is 16.4. The van der Waals surface area contributed by atoms with Crippen molar-refractivity contribution in [3.63, 3.8) is 0 Å². The van der Waals surface area contributed by atoms with Gasteiger partial charge in [-0.2, -0.15) is 4.98 Å². The number of rotatable bonds is 3. The van der Waals surface area contributed by atoms with Crippen LogP contribution in [0.5, 0.6) is 11.8 Å². The second-order valence-corrected chi connectivity index (χ2v) is 7.15. The second-order valence-electron chi connectivity index (χ2n) is 6.14. The van der Waals surface area contributed by atoms with Crippen LogP contribution in [0.4, 0.5) is 10.8 Å². The van der Waals surface area contributed by atoms with E-state index < -0.39 is 0 Å². The second kappa shape index (κ2) is 6.43. The summed E-state index contributed by atoms with van der Waals surface area (Å²) in [6.45, 7) is 0. The van der Waals surface area contributed by atoms with Gasteiger partial charge in [-0.05, 0) is 24.3 Å². The largest absolute Gasteiger partial charge is 0.493 e. The normalized spacial score (nSPS) is 14.5.